The van der Waals surface area contributed by atoms with Crippen LogP contribution in [0.15, 0.2) is 60.0 Å². The second-order valence-electron chi connectivity index (χ2n) is 6.39. The standard InChI is InChI=1S/C20H21FN4OS/c1-14(2)15-7-9-17(10-8-15)25-13-23-24-20(25)27-12-19(26)22-11-16-5-3-4-6-18(16)21/h3-10,13-14H,11-12H2,1-2H3,(H,22,26). The van der Waals surface area contributed by atoms with Crippen molar-refractivity contribution in [2.75, 3.05) is 5.75 Å². The molecule has 1 heterocycles. The molecule has 0 radical (unpaired) electrons. The summed E-state index contributed by atoms with van der Waals surface area (Å²) in [5, 5.41) is 11.4. The van der Waals surface area contributed by atoms with E-state index >= 15 is 0 Å². The summed E-state index contributed by atoms with van der Waals surface area (Å²) in [6, 6.07) is 14.6. The van der Waals surface area contributed by atoms with Crippen LogP contribution in [0.25, 0.3) is 5.69 Å². The lowest BCUT2D eigenvalue weighted by atomic mass is 10.0. The van der Waals surface area contributed by atoms with E-state index in [2.05, 4.69) is 41.5 Å². The molecule has 1 N–H and O–H groups in total. The maximum Gasteiger partial charge on any atom is 0.230 e. The lowest BCUT2D eigenvalue weighted by Crippen LogP contribution is -2.25. The van der Waals surface area contributed by atoms with Crippen LogP contribution in [-0.4, -0.2) is 26.4 Å². The van der Waals surface area contributed by atoms with Gasteiger partial charge in [0.2, 0.25) is 5.91 Å². The number of thioether (sulfide) groups is 1. The maximum absolute atomic E-state index is 13.6. The van der Waals surface area contributed by atoms with Gasteiger partial charge in [0.15, 0.2) is 5.16 Å². The minimum Gasteiger partial charge on any atom is -0.351 e. The minimum atomic E-state index is -0.324. The zero-order valence-electron chi connectivity index (χ0n) is 15.2. The van der Waals surface area contributed by atoms with Gasteiger partial charge in [-0.2, -0.15) is 0 Å². The van der Waals surface area contributed by atoms with Crippen molar-refractivity contribution in [1.29, 1.82) is 0 Å². The molecule has 0 unspecified atom stereocenters. The normalized spacial score (nSPS) is 11.0. The number of amides is 1. The van der Waals surface area contributed by atoms with E-state index in [0.29, 0.717) is 16.6 Å². The number of aromatic nitrogens is 3. The number of carbonyl (C=O) groups is 1. The van der Waals surface area contributed by atoms with E-state index in [0.717, 1.165) is 5.69 Å². The second kappa shape index (κ2) is 8.81. The molecule has 0 saturated heterocycles. The Morgan fingerprint density at radius 3 is 2.63 bits per heavy atom. The van der Waals surface area contributed by atoms with E-state index in [-0.39, 0.29) is 24.0 Å². The molecular weight excluding hydrogens is 363 g/mol. The molecule has 0 bridgehead atoms. The van der Waals surface area contributed by atoms with Gasteiger partial charge in [0.05, 0.1) is 5.75 Å². The SMILES string of the molecule is CC(C)c1ccc(-n2cnnc2SCC(=O)NCc2ccccc2F)cc1. The summed E-state index contributed by atoms with van der Waals surface area (Å²) in [4.78, 5) is 12.1. The van der Waals surface area contributed by atoms with Crippen LogP contribution >= 0.6 is 11.8 Å². The van der Waals surface area contributed by atoms with Gasteiger partial charge in [0.25, 0.3) is 0 Å². The fourth-order valence-electron chi connectivity index (χ4n) is 2.54. The van der Waals surface area contributed by atoms with Gasteiger partial charge in [-0.05, 0) is 29.7 Å². The van der Waals surface area contributed by atoms with Crippen molar-refractivity contribution in [3.05, 3.63) is 71.8 Å². The predicted molar refractivity (Wildman–Crippen MR) is 104 cm³/mol. The minimum absolute atomic E-state index is 0.162. The topological polar surface area (TPSA) is 59.8 Å². The summed E-state index contributed by atoms with van der Waals surface area (Å²) < 4.78 is 15.4. The molecule has 140 valence electrons. The lowest BCUT2D eigenvalue weighted by molar-refractivity contribution is -0.118. The third-order valence-electron chi connectivity index (χ3n) is 4.12. The Bertz CT molecular complexity index is 908. The van der Waals surface area contributed by atoms with Gasteiger partial charge in [-0.15, -0.1) is 10.2 Å². The quantitative estimate of drug-likeness (QED) is 0.627. The third-order valence-corrected chi connectivity index (χ3v) is 5.06. The Labute approximate surface area is 162 Å². The van der Waals surface area contributed by atoms with Gasteiger partial charge < -0.3 is 5.32 Å². The van der Waals surface area contributed by atoms with E-state index in [1.807, 2.05) is 16.7 Å². The van der Waals surface area contributed by atoms with Gasteiger partial charge in [0.1, 0.15) is 12.1 Å². The third kappa shape index (κ3) is 4.95. The summed E-state index contributed by atoms with van der Waals surface area (Å²) in [5.41, 5.74) is 2.66. The second-order valence-corrected chi connectivity index (χ2v) is 7.33. The lowest BCUT2D eigenvalue weighted by Gasteiger charge is -2.09. The number of carbonyl (C=O) groups excluding carboxylic acids is 1. The summed E-state index contributed by atoms with van der Waals surface area (Å²) in [7, 11) is 0. The van der Waals surface area contributed by atoms with Crippen molar-refractivity contribution in [1.82, 2.24) is 20.1 Å². The number of hydrogen-bond donors (Lipinski definition) is 1. The van der Waals surface area contributed by atoms with Gasteiger partial charge in [-0.1, -0.05) is 55.9 Å². The summed E-state index contributed by atoms with van der Waals surface area (Å²) in [6.45, 7) is 4.46. The van der Waals surface area contributed by atoms with Gasteiger partial charge >= 0.3 is 0 Å². The Morgan fingerprint density at radius 1 is 1.19 bits per heavy atom. The first-order valence-electron chi connectivity index (χ1n) is 8.68. The molecule has 0 aliphatic heterocycles. The molecule has 1 aromatic heterocycles. The first-order valence-corrected chi connectivity index (χ1v) is 9.66. The van der Waals surface area contributed by atoms with Crippen molar-refractivity contribution >= 4 is 17.7 Å². The van der Waals surface area contributed by atoms with Crippen molar-refractivity contribution in [2.24, 2.45) is 0 Å². The molecule has 0 aliphatic carbocycles. The molecule has 1 amide bonds. The van der Waals surface area contributed by atoms with Gasteiger partial charge in [0, 0.05) is 17.8 Å². The van der Waals surface area contributed by atoms with Crippen LogP contribution in [0, 0.1) is 5.82 Å². The molecule has 0 aliphatic rings. The molecule has 2 aromatic carbocycles. The zero-order chi connectivity index (χ0) is 19.2. The summed E-state index contributed by atoms with van der Waals surface area (Å²) in [5.74, 6) is 0.131. The molecule has 7 heteroatoms. The molecular formula is C20H21FN4OS. The average molecular weight is 384 g/mol. The van der Waals surface area contributed by atoms with E-state index in [4.69, 9.17) is 0 Å². The van der Waals surface area contributed by atoms with Crippen LogP contribution in [0.4, 0.5) is 4.39 Å². The fraction of sp³-hybridized carbons (Fsp3) is 0.250. The Kier molecular flexibility index (Phi) is 6.24. The van der Waals surface area contributed by atoms with E-state index in [9.17, 15) is 9.18 Å². The van der Waals surface area contributed by atoms with Crippen LogP contribution in [-0.2, 0) is 11.3 Å². The largest absolute Gasteiger partial charge is 0.351 e. The highest BCUT2D eigenvalue weighted by atomic mass is 32.2. The van der Waals surface area contributed by atoms with Gasteiger partial charge in [-0.3, -0.25) is 9.36 Å². The number of benzene rings is 2. The molecule has 3 rings (SSSR count). The van der Waals surface area contributed by atoms with Gasteiger partial charge in [-0.25, -0.2) is 4.39 Å². The van der Waals surface area contributed by atoms with E-state index in [1.54, 1.807) is 24.5 Å². The Morgan fingerprint density at radius 2 is 1.93 bits per heavy atom. The van der Waals surface area contributed by atoms with E-state index < -0.39 is 0 Å². The number of nitrogens with zero attached hydrogens (tertiary/aromatic N) is 3. The van der Waals surface area contributed by atoms with Crippen LogP contribution in [0.1, 0.15) is 30.9 Å². The fourth-order valence-corrected chi connectivity index (χ4v) is 3.30. The molecule has 5 nitrogen and oxygen atoms in total. The van der Waals surface area contributed by atoms with Crippen LogP contribution in [0.2, 0.25) is 0 Å². The highest BCUT2D eigenvalue weighted by Gasteiger charge is 2.11. The molecule has 0 saturated carbocycles. The summed E-state index contributed by atoms with van der Waals surface area (Å²) in [6.07, 6.45) is 1.63. The van der Waals surface area contributed by atoms with Crippen LogP contribution < -0.4 is 5.32 Å². The highest BCUT2D eigenvalue weighted by Crippen LogP contribution is 2.21. The first-order chi connectivity index (χ1) is 13.0. The van der Waals surface area contributed by atoms with E-state index in [1.165, 1.54) is 23.4 Å². The smallest absolute Gasteiger partial charge is 0.230 e. The Balaban J connectivity index is 1.58. The van der Waals surface area contributed by atoms with Crippen molar-refractivity contribution in [2.45, 2.75) is 31.5 Å². The first kappa shape index (κ1) is 19.1. The predicted octanol–water partition coefficient (Wildman–Crippen LogP) is 3.94. The van der Waals surface area contributed by atoms with Crippen molar-refractivity contribution in [3.63, 3.8) is 0 Å². The number of rotatable bonds is 7. The highest BCUT2D eigenvalue weighted by molar-refractivity contribution is 7.99. The monoisotopic (exact) mass is 384 g/mol. The molecule has 3 aromatic rings. The molecule has 0 spiro atoms. The number of halogens is 1. The molecule has 0 fully saturated rings. The number of nitrogens with one attached hydrogen (secondary N) is 1. The molecule has 0 atom stereocenters. The zero-order valence-corrected chi connectivity index (χ0v) is 16.0. The van der Waals surface area contributed by atoms with Crippen molar-refractivity contribution < 1.29 is 9.18 Å². The molecule has 27 heavy (non-hydrogen) atoms. The van der Waals surface area contributed by atoms with Crippen LogP contribution in [0.3, 0.4) is 0 Å². The maximum atomic E-state index is 13.6. The van der Waals surface area contributed by atoms with Crippen LogP contribution in [0.5, 0.6) is 0 Å². The van der Waals surface area contributed by atoms with Crippen molar-refractivity contribution in [3.8, 4) is 5.69 Å². The summed E-state index contributed by atoms with van der Waals surface area (Å²) >= 11 is 1.29. The number of hydrogen-bond acceptors (Lipinski definition) is 4. The average Bonchev–Trinajstić information content (AvgIpc) is 3.14. The Hall–Kier alpha value is -2.67.